The number of benzene rings is 1. The van der Waals surface area contributed by atoms with E-state index in [9.17, 15) is 9.59 Å². The summed E-state index contributed by atoms with van der Waals surface area (Å²) in [7, 11) is 0. The third kappa shape index (κ3) is 3.73. The number of hydrogen-bond acceptors (Lipinski definition) is 2. The van der Waals surface area contributed by atoms with E-state index in [1.165, 1.54) is 31.7 Å². The van der Waals surface area contributed by atoms with Gasteiger partial charge in [-0.25, -0.2) is 0 Å². The Balaban J connectivity index is 1.42. The number of H-pyrrole nitrogens is 1. The highest BCUT2D eigenvalue weighted by atomic mass is 16.2. The molecule has 2 amide bonds. The number of rotatable bonds is 6. The summed E-state index contributed by atoms with van der Waals surface area (Å²) < 4.78 is 0. The normalized spacial score (nSPS) is 23.3. The molecule has 0 saturated heterocycles. The standard InChI is InChI=1S/C22H29N3O2/c1-13-5-3-8-19-17(12-23-21(13)19)11-20(24-14(2)26)22(27)25-18-9-16(10-18)15-6-4-7-15/h3,5,8,12,15-16,18,20,23H,4,6-7,9-11H2,1-2H3,(H,24,26)(H,25,27). The van der Waals surface area contributed by atoms with Crippen LogP contribution in [0.3, 0.4) is 0 Å². The van der Waals surface area contributed by atoms with Crippen LogP contribution in [-0.2, 0) is 16.0 Å². The summed E-state index contributed by atoms with van der Waals surface area (Å²) in [6.45, 7) is 3.53. The van der Waals surface area contributed by atoms with Gasteiger partial charge < -0.3 is 15.6 Å². The van der Waals surface area contributed by atoms with Crippen LogP contribution < -0.4 is 10.6 Å². The number of aromatic nitrogens is 1. The van der Waals surface area contributed by atoms with Crippen molar-refractivity contribution in [3.8, 4) is 0 Å². The number of aromatic amines is 1. The van der Waals surface area contributed by atoms with Crippen LogP contribution in [0.2, 0.25) is 0 Å². The molecule has 5 heteroatoms. The molecule has 1 unspecified atom stereocenters. The van der Waals surface area contributed by atoms with Gasteiger partial charge in [0.25, 0.3) is 0 Å². The molecule has 3 N–H and O–H groups in total. The molecule has 4 rings (SSSR count). The van der Waals surface area contributed by atoms with Crippen molar-refractivity contribution >= 4 is 22.7 Å². The molecule has 2 saturated carbocycles. The minimum absolute atomic E-state index is 0.0655. The van der Waals surface area contributed by atoms with Gasteiger partial charge in [0, 0.05) is 36.5 Å². The van der Waals surface area contributed by atoms with Crippen molar-refractivity contribution in [1.29, 1.82) is 0 Å². The topological polar surface area (TPSA) is 74.0 Å². The largest absolute Gasteiger partial charge is 0.361 e. The van der Waals surface area contributed by atoms with Gasteiger partial charge in [-0.15, -0.1) is 0 Å². The summed E-state index contributed by atoms with van der Waals surface area (Å²) in [6, 6.07) is 5.88. The first-order chi connectivity index (χ1) is 13.0. The lowest BCUT2D eigenvalue weighted by Crippen LogP contribution is -2.54. The van der Waals surface area contributed by atoms with Gasteiger partial charge in [0.15, 0.2) is 0 Å². The molecule has 0 aliphatic heterocycles. The van der Waals surface area contributed by atoms with Crippen LogP contribution in [-0.4, -0.2) is 28.9 Å². The fourth-order valence-corrected chi connectivity index (χ4v) is 4.59. The van der Waals surface area contributed by atoms with Gasteiger partial charge in [0.1, 0.15) is 6.04 Å². The van der Waals surface area contributed by atoms with Gasteiger partial charge in [-0.05, 0) is 42.7 Å². The minimum atomic E-state index is -0.537. The fraction of sp³-hybridized carbons (Fsp3) is 0.545. The first-order valence-corrected chi connectivity index (χ1v) is 10.1. The average molecular weight is 367 g/mol. The van der Waals surface area contributed by atoms with Crippen molar-refractivity contribution < 1.29 is 9.59 Å². The van der Waals surface area contributed by atoms with E-state index in [1.807, 2.05) is 12.3 Å². The summed E-state index contributed by atoms with van der Waals surface area (Å²) in [5, 5.41) is 7.12. The van der Waals surface area contributed by atoms with Gasteiger partial charge in [0.2, 0.25) is 11.8 Å². The molecule has 1 heterocycles. The summed E-state index contributed by atoms with van der Waals surface area (Å²) in [6.07, 6.45) is 8.72. The van der Waals surface area contributed by atoms with Crippen molar-refractivity contribution in [2.24, 2.45) is 11.8 Å². The van der Waals surface area contributed by atoms with Crippen LogP contribution in [0.5, 0.6) is 0 Å². The Labute approximate surface area is 160 Å². The summed E-state index contributed by atoms with van der Waals surface area (Å²) in [5.74, 6) is 1.44. The van der Waals surface area contributed by atoms with Crippen LogP contribution in [0.4, 0.5) is 0 Å². The number of carbonyl (C=O) groups excluding carboxylic acids is 2. The van der Waals surface area contributed by atoms with Crippen LogP contribution in [0, 0.1) is 18.8 Å². The predicted molar refractivity (Wildman–Crippen MR) is 106 cm³/mol. The molecule has 2 aliphatic carbocycles. The van der Waals surface area contributed by atoms with Crippen molar-refractivity contribution in [2.75, 3.05) is 0 Å². The maximum atomic E-state index is 12.8. The second-order valence-corrected chi connectivity index (χ2v) is 8.40. The molecular formula is C22H29N3O2. The number of carbonyl (C=O) groups is 2. The Hall–Kier alpha value is -2.30. The third-order valence-electron chi connectivity index (χ3n) is 6.46. The van der Waals surface area contributed by atoms with Crippen molar-refractivity contribution in [2.45, 2.75) is 64.5 Å². The predicted octanol–water partition coefficient (Wildman–Crippen LogP) is 3.22. The summed E-state index contributed by atoms with van der Waals surface area (Å²) in [4.78, 5) is 27.8. The molecule has 0 spiro atoms. The average Bonchev–Trinajstić information content (AvgIpc) is 2.94. The van der Waals surface area contributed by atoms with E-state index >= 15 is 0 Å². The lowest BCUT2D eigenvalue weighted by atomic mass is 9.65. The molecule has 1 atom stereocenters. The van der Waals surface area contributed by atoms with E-state index in [4.69, 9.17) is 0 Å². The van der Waals surface area contributed by atoms with E-state index in [-0.39, 0.29) is 17.9 Å². The van der Waals surface area contributed by atoms with Crippen LogP contribution in [0.15, 0.2) is 24.4 Å². The highest BCUT2D eigenvalue weighted by molar-refractivity contribution is 5.90. The smallest absolute Gasteiger partial charge is 0.243 e. The molecule has 1 aromatic carbocycles. The first-order valence-electron chi connectivity index (χ1n) is 10.1. The van der Waals surface area contributed by atoms with E-state index in [1.54, 1.807) is 0 Å². The monoisotopic (exact) mass is 367 g/mol. The molecule has 5 nitrogen and oxygen atoms in total. The van der Waals surface area contributed by atoms with Crippen LogP contribution in [0.1, 0.15) is 50.2 Å². The molecule has 2 aliphatic rings. The highest BCUT2D eigenvalue weighted by Gasteiger charge is 2.38. The van der Waals surface area contributed by atoms with Gasteiger partial charge >= 0.3 is 0 Å². The Kier molecular flexibility index (Phi) is 4.94. The summed E-state index contributed by atoms with van der Waals surface area (Å²) >= 11 is 0. The second-order valence-electron chi connectivity index (χ2n) is 8.40. The molecule has 27 heavy (non-hydrogen) atoms. The molecule has 2 aromatic rings. The van der Waals surface area contributed by atoms with Gasteiger partial charge in [0.05, 0.1) is 0 Å². The van der Waals surface area contributed by atoms with Crippen LogP contribution in [0.25, 0.3) is 10.9 Å². The maximum Gasteiger partial charge on any atom is 0.243 e. The zero-order valence-electron chi connectivity index (χ0n) is 16.2. The van der Waals surface area contributed by atoms with E-state index < -0.39 is 6.04 Å². The Morgan fingerprint density at radius 3 is 2.67 bits per heavy atom. The zero-order chi connectivity index (χ0) is 19.0. The fourth-order valence-electron chi connectivity index (χ4n) is 4.59. The van der Waals surface area contributed by atoms with Crippen molar-refractivity contribution in [1.82, 2.24) is 15.6 Å². The molecule has 0 radical (unpaired) electrons. The Morgan fingerprint density at radius 2 is 2.00 bits per heavy atom. The molecule has 0 bridgehead atoms. The lowest BCUT2D eigenvalue weighted by Gasteiger charge is -2.44. The van der Waals surface area contributed by atoms with E-state index in [0.717, 1.165) is 41.1 Å². The first kappa shape index (κ1) is 18.1. The number of amides is 2. The molecular weight excluding hydrogens is 338 g/mol. The number of aryl methyl sites for hydroxylation is 1. The van der Waals surface area contributed by atoms with E-state index in [2.05, 4.69) is 34.7 Å². The zero-order valence-corrected chi connectivity index (χ0v) is 16.2. The molecule has 1 aromatic heterocycles. The van der Waals surface area contributed by atoms with Crippen molar-refractivity contribution in [3.05, 3.63) is 35.5 Å². The third-order valence-corrected chi connectivity index (χ3v) is 6.46. The second kappa shape index (κ2) is 7.37. The number of fused-ring (bicyclic) bond motifs is 1. The molecule has 2 fully saturated rings. The van der Waals surface area contributed by atoms with Gasteiger partial charge in [-0.2, -0.15) is 0 Å². The van der Waals surface area contributed by atoms with Crippen molar-refractivity contribution in [3.63, 3.8) is 0 Å². The quantitative estimate of drug-likeness (QED) is 0.733. The minimum Gasteiger partial charge on any atom is -0.361 e. The lowest BCUT2D eigenvalue weighted by molar-refractivity contribution is -0.129. The SMILES string of the molecule is CC(=O)NC(Cc1c[nH]c2c(C)cccc12)C(=O)NC1CC(C2CCC2)C1. The number of nitrogens with one attached hydrogen (secondary N) is 3. The van der Waals surface area contributed by atoms with Gasteiger partial charge in [-0.3, -0.25) is 9.59 Å². The Bertz CT molecular complexity index is 846. The molecule has 144 valence electrons. The number of hydrogen-bond donors (Lipinski definition) is 3. The Morgan fingerprint density at radius 1 is 1.22 bits per heavy atom. The van der Waals surface area contributed by atoms with Crippen LogP contribution >= 0.6 is 0 Å². The highest BCUT2D eigenvalue weighted by Crippen LogP contribution is 2.43. The number of para-hydroxylation sites is 1. The summed E-state index contributed by atoms with van der Waals surface area (Å²) in [5.41, 5.74) is 3.33. The van der Waals surface area contributed by atoms with Gasteiger partial charge in [-0.1, -0.05) is 37.5 Å². The maximum absolute atomic E-state index is 12.8. The van der Waals surface area contributed by atoms with E-state index in [0.29, 0.717) is 6.42 Å².